The molecule has 4 N–H and O–H groups in total. The highest BCUT2D eigenvalue weighted by Gasteiger charge is 2.73. The molecule has 0 radical (unpaired) electrons. The smallest absolute Gasteiger partial charge is 0.418 e. The number of amidine groups is 2. The van der Waals surface area contributed by atoms with Crippen molar-refractivity contribution in [1.29, 1.82) is 0 Å². The van der Waals surface area contributed by atoms with Crippen LogP contribution in [-0.4, -0.2) is 175 Å². The lowest BCUT2D eigenvalue weighted by atomic mass is 9.86. The molecule has 480 valence electrons. The molecule has 8 heterocycles. The SMILES string of the molecule is C#CCOc1cnc(/C(F)=C/c2cnc(F)c([C@@]3(C)N=C(N(COCC[Si](C)(C)C)C(=O)OC(C)(C)C)S[C@@]4(C(=O)O)C[C@H]43)c2)cn1.C#CCOc1cnc(/C(F)=C/c2cnc(F)c([C@@]3(C)N=C(N)S[C@@]4(C(=O)N5CCOCC5)C[C@H]43)c2)cn1.C1COCCN1. The topological polar surface area (TPSA) is 273 Å². The van der Waals surface area contributed by atoms with Crippen LogP contribution in [0.15, 0.2) is 59.3 Å². The minimum atomic E-state index is -1.50. The van der Waals surface area contributed by atoms with Gasteiger partial charge in [0.25, 0.3) is 0 Å². The van der Waals surface area contributed by atoms with Gasteiger partial charge in [0.1, 0.15) is 33.2 Å². The number of ether oxygens (including phenoxy) is 6. The first kappa shape index (κ1) is 68.4. The summed E-state index contributed by atoms with van der Waals surface area (Å²) in [5.41, 5.74) is 3.05. The number of rotatable bonds is 17. The number of carbonyl (C=O) groups excluding carboxylic acids is 2. The van der Waals surface area contributed by atoms with Crippen molar-refractivity contribution in [3.8, 4) is 36.4 Å². The Morgan fingerprint density at radius 2 is 1.30 bits per heavy atom. The molecule has 0 aromatic carbocycles. The second-order valence-corrected chi connectivity index (χ2v) is 32.4. The number of fused-ring (bicyclic) bond motifs is 2. The summed E-state index contributed by atoms with van der Waals surface area (Å²) in [6.07, 6.45) is 19.6. The Kier molecular flexibility index (Phi) is 21.9. The molecule has 4 aliphatic heterocycles. The fourth-order valence-corrected chi connectivity index (χ4v) is 14.0. The molecule has 0 bridgehead atoms. The van der Waals surface area contributed by atoms with Crippen LogP contribution < -0.4 is 20.5 Å². The van der Waals surface area contributed by atoms with Crippen molar-refractivity contribution >= 4 is 83.7 Å². The highest BCUT2D eigenvalue weighted by Crippen LogP contribution is 2.68. The summed E-state index contributed by atoms with van der Waals surface area (Å²) >= 11 is 2.15. The molecule has 2 saturated heterocycles. The maximum atomic E-state index is 15.6. The van der Waals surface area contributed by atoms with Gasteiger partial charge < -0.3 is 49.5 Å². The van der Waals surface area contributed by atoms with Crippen molar-refractivity contribution < 1.29 is 65.5 Å². The fourth-order valence-electron chi connectivity index (χ4n) is 10.3. The lowest BCUT2D eigenvalue weighted by Crippen LogP contribution is -2.49. The second-order valence-electron chi connectivity index (χ2n) is 24.1. The number of carbonyl (C=O) groups is 3. The van der Waals surface area contributed by atoms with Gasteiger partial charge in [-0.05, 0) is 88.9 Å². The van der Waals surface area contributed by atoms with Crippen LogP contribution in [0.5, 0.6) is 11.8 Å². The number of nitrogens with one attached hydrogen (secondary N) is 1. The molecule has 4 aromatic rings. The number of nitrogens with two attached hydrogens (primary N) is 1. The number of hydrogen-bond acceptors (Lipinski definition) is 21. The average molecular weight is 1300 g/mol. The zero-order valence-electron chi connectivity index (χ0n) is 51.2. The van der Waals surface area contributed by atoms with Gasteiger partial charge in [-0.2, -0.15) is 8.78 Å². The summed E-state index contributed by atoms with van der Waals surface area (Å²) in [6, 6.07) is 3.68. The molecule has 0 unspecified atom stereocenters. The maximum absolute atomic E-state index is 15.6. The van der Waals surface area contributed by atoms with E-state index in [1.807, 2.05) is 0 Å². The van der Waals surface area contributed by atoms with Crippen LogP contribution in [0.25, 0.3) is 23.8 Å². The van der Waals surface area contributed by atoms with Crippen molar-refractivity contribution in [2.45, 2.75) is 99.3 Å². The van der Waals surface area contributed by atoms with Crippen molar-refractivity contribution in [1.82, 2.24) is 45.0 Å². The van der Waals surface area contributed by atoms with Crippen LogP contribution in [0.1, 0.15) is 81.1 Å². The lowest BCUT2D eigenvalue weighted by Gasteiger charge is -2.37. The van der Waals surface area contributed by atoms with E-state index in [9.17, 15) is 23.9 Å². The number of pyridine rings is 2. The van der Waals surface area contributed by atoms with Crippen LogP contribution in [-0.2, 0) is 39.6 Å². The molecular formula is C61H72F4N12O10S2Si. The molecule has 0 spiro atoms. The van der Waals surface area contributed by atoms with Crippen LogP contribution in [0.3, 0.4) is 0 Å². The number of thioether (sulfide) groups is 2. The van der Waals surface area contributed by atoms with E-state index in [0.717, 1.165) is 67.5 Å². The Hall–Kier alpha value is -7.51. The van der Waals surface area contributed by atoms with Gasteiger partial charge in [-0.3, -0.25) is 19.6 Å². The standard InChI is InChI=1S/C32H39F2N5O6SSi.C25H24F2N6O3S.C4H9NO/c1-9-10-44-25-18-35-23(17-36-25)22(33)14-20-13-21(26(34)37-16-20)31(5)24-15-32(24,27(40)41)46-28(38-31)39(29(42)45-30(2,3)4)19-43-11-12-47(6,7)8;1-3-6-36-20-14-29-18(13-30-20)17(26)10-15-9-16(21(27)31-12-15)24(2)19-11-25(19,37-23(28)32-24)22(34)33-4-7-35-8-5-33;1-3-6-4-2-5-1/h1,13-14,16-18,24H,10-12,15,19H2,2-8H3,(H,40,41);1,9-10,12-14,19H,4-8,11H2,2H3,(H2,28,32);5H,1-4H2/b22-14-;17-10-;/t24-,31+,32-;19-,24+,25-;/m00./s1. The van der Waals surface area contributed by atoms with Gasteiger partial charge >= 0.3 is 12.1 Å². The van der Waals surface area contributed by atoms with Gasteiger partial charge in [0.2, 0.25) is 29.6 Å². The van der Waals surface area contributed by atoms with Crippen molar-refractivity contribution in [3.05, 3.63) is 94.9 Å². The fraction of sp³-hybridized carbons (Fsp3) is 0.492. The number of halogens is 4. The molecule has 22 nitrogen and oxygen atoms in total. The van der Waals surface area contributed by atoms with Gasteiger partial charge in [0, 0.05) is 76.2 Å². The zero-order valence-corrected chi connectivity index (χ0v) is 53.8. The summed E-state index contributed by atoms with van der Waals surface area (Å²) in [5.74, 6) is -0.387. The number of hydrogen-bond donors (Lipinski definition) is 3. The summed E-state index contributed by atoms with van der Waals surface area (Å²) in [5, 5.41) is 13.7. The van der Waals surface area contributed by atoms with Crippen molar-refractivity contribution in [2.75, 3.05) is 79.2 Å². The average Bonchev–Trinajstić information content (AvgIpc) is 1.53. The largest absolute Gasteiger partial charge is 0.480 e. The number of aliphatic imine (C=N–C) groups is 2. The first-order chi connectivity index (χ1) is 42.6. The number of aromatic nitrogens is 6. The zero-order chi connectivity index (χ0) is 65.2. The monoisotopic (exact) mass is 1300 g/mol. The molecule has 4 aromatic heterocycles. The number of morpholine rings is 2. The quantitative estimate of drug-likeness (QED) is 0.0224. The molecule has 2 aliphatic carbocycles. The molecule has 4 fully saturated rings. The third-order valence-corrected chi connectivity index (χ3v) is 19.6. The predicted molar refractivity (Wildman–Crippen MR) is 335 cm³/mol. The molecule has 10 rings (SSSR count). The van der Waals surface area contributed by atoms with Crippen LogP contribution in [0.2, 0.25) is 25.7 Å². The Morgan fingerprint density at radius 3 is 1.76 bits per heavy atom. The number of aliphatic carboxylic acids is 1. The molecule has 2 saturated carbocycles. The van der Waals surface area contributed by atoms with E-state index in [2.05, 4.69) is 71.7 Å². The van der Waals surface area contributed by atoms with Crippen LogP contribution in [0, 0.1) is 48.4 Å². The third kappa shape index (κ3) is 16.5. The highest BCUT2D eigenvalue weighted by molar-refractivity contribution is 8.16. The Balaban J connectivity index is 0.000000216. The van der Waals surface area contributed by atoms with E-state index in [4.69, 9.17) is 52.0 Å². The first-order valence-electron chi connectivity index (χ1n) is 28.8. The minimum absolute atomic E-state index is 0.0137. The van der Waals surface area contributed by atoms with Crippen LogP contribution >= 0.6 is 23.5 Å². The van der Waals surface area contributed by atoms with Gasteiger partial charge in [-0.25, -0.2) is 48.4 Å². The number of carboxylic acids is 1. The maximum Gasteiger partial charge on any atom is 0.418 e. The van der Waals surface area contributed by atoms with Gasteiger partial charge in [-0.15, -0.1) is 12.8 Å². The summed E-state index contributed by atoms with van der Waals surface area (Å²) in [6.45, 7) is 20.9. The van der Waals surface area contributed by atoms with E-state index < -0.39 is 75.8 Å². The Bertz CT molecular complexity index is 3490. The van der Waals surface area contributed by atoms with Gasteiger partial charge in [-0.1, -0.05) is 55.0 Å². The third-order valence-electron chi connectivity index (χ3n) is 15.1. The second kappa shape index (κ2) is 28.8. The number of carboxylic acid groups (broad SMARTS) is 1. The number of terminal acetylenes is 2. The lowest BCUT2D eigenvalue weighted by molar-refractivity contribution is -0.138. The minimum Gasteiger partial charge on any atom is -0.480 e. The van der Waals surface area contributed by atoms with E-state index in [1.165, 1.54) is 54.8 Å². The highest BCUT2D eigenvalue weighted by atomic mass is 32.2. The predicted octanol–water partition coefficient (Wildman–Crippen LogP) is 8.19. The van der Waals surface area contributed by atoms with Crippen LogP contribution in [0.4, 0.5) is 22.4 Å². The summed E-state index contributed by atoms with van der Waals surface area (Å²) in [4.78, 5) is 75.5. The van der Waals surface area contributed by atoms with E-state index >= 15 is 13.2 Å². The Morgan fingerprint density at radius 1 is 0.789 bits per heavy atom. The van der Waals surface area contributed by atoms with Crippen molar-refractivity contribution in [2.24, 2.45) is 27.6 Å². The normalized spacial score (nSPS) is 24.4. The number of nitrogens with zero attached hydrogens (tertiary/aromatic N) is 10. The van der Waals surface area contributed by atoms with E-state index in [0.29, 0.717) is 44.9 Å². The Labute approximate surface area is 529 Å². The first-order valence-corrected chi connectivity index (χ1v) is 34.1. The molecule has 6 atom stereocenters. The van der Waals surface area contributed by atoms with E-state index in [-0.39, 0.29) is 88.4 Å². The molecular weight excluding hydrogens is 1230 g/mol. The molecule has 90 heavy (non-hydrogen) atoms. The number of amides is 2. The summed E-state index contributed by atoms with van der Waals surface area (Å²) < 4.78 is 90.8. The van der Waals surface area contributed by atoms with Gasteiger partial charge in [0.05, 0.1) is 62.3 Å². The molecule has 29 heteroatoms. The van der Waals surface area contributed by atoms with E-state index in [1.54, 1.807) is 39.5 Å². The molecule has 2 amide bonds. The van der Waals surface area contributed by atoms with Crippen molar-refractivity contribution in [3.63, 3.8) is 0 Å². The summed E-state index contributed by atoms with van der Waals surface area (Å²) in [7, 11) is -1.46. The van der Waals surface area contributed by atoms with Gasteiger partial charge in [0.15, 0.2) is 35.2 Å². The molecule has 6 aliphatic rings.